The molecule has 0 fully saturated rings. The van der Waals surface area contributed by atoms with E-state index in [9.17, 15) is 4.79 Å². The molecule has 1 N–H and O–H groups in total. The van der Waals surface area contributed by atoms with Crippen LogP contribution in [0, 0.1) is 5.41 Å². The van der Waals surface area contributed by atoms with E-state index in [0.717, 1.165) is 35.3 Å². The summed E-state index contributed by atoms with van der Waals surface area (Å²) in [6.07, 6.45) is 5.07. The number of pyridine rings is 1. The van der Waals surface area contributed by atoms with Crippen molar-refractivity contribution in [2.45, 2.75) is 19.8 Å². The second-order valence-electron chi connectivity index (χ2n) is 5.43. The third kappa shape index (κ3) is 3.62. The SMILES string of the molecule is CCCCN(C=N)CC(=O)c1cc2c(N(C)C)ccnc2s1. The molecule has 0 bridgehead atoms. The molecule has 0 aliphatic rings. The minimum atomic E-state index is 0.0484. The highest BCUT2D eigenvalue weighted by Crippen LogP contribution is 2.31. The summed E-state index contributed by atoms with van der Waals surface area (Å²) in [6, 6.07) is 3.88. The lowest BCUT2D eigenvalue weighted by molar-refractivity contribution is 0.0968. The van der Waals surface area contributed by atoms with Crippen LogP contribution in [0.1, 0.15) is 29.4 Å². The van der Waals surface area contributed by atoms with Crippen LogP contribution in [0.15, 0.2) is 18.3 Å². The van der Waals surface area contributed by atoms with E-state index in [1.54, 1.807) is 11.1 Å². The molecule has 0 unspecified atom stereocenters. The van der Waals surface area contributed by atoms with Crippen LogP contribution >= 0.6 is 11.3 Å². The zero-order valence-corrected chi connectivity index (χ0v) is 14.1. The fourth-order valence-electron chi connectivity index (χ4n) is 2.27. The Balaban J connectivity index is 2.21. The summed E-state index contributed by atoms with van der Waals surface area (Å²) in [4.78, 5) is 22.2. The number of aromatic nitrogens is 1. The number of hydrogen-bond acceptors (Lipinski definition) is 5. The Bertz CT molecular complexity index is 665. The van der Waals surface area contributed by atoms with Crippen LogP contribution in [0.5, 0.6) is 0 Å². The van der Waals surface area contributed by atoms with Crippen molar-refractivity contribution in [3.63, 3.8) is 0 Å². The summed E-state index contributed by atoms with van der Waals surface area (Å²) in [5, 5.41) is 8.44. The Kier molecular flexibility index (Phi) is 5.49. The number of Topliss-reactive ketones (excluding diaryl/α,β-unsaturated/α-hetero) is 1. The maximum atomic E-state index is 12.5. The molecule has 0 aliphatic heterocycles. The fourth-order valence-corrected chi connectivity index (χ4v) is 3.22. The highest BCUT2D eigenvalue weighted by atomic mass is 32.1. The van der Waals surface area contributed by atoms with Gasteiger partial charge in [-0.25, -0.2) is 4.98 Å². The number of carbonyl (C=O) groups excluding carboxylic acids is 1. The molecule has 22 heavy (non-hydrogen) atoms. The molecular weight excluding hydrogens is 296 g/mol. The Morgan fingerprint density at radius 3 is 2.86 bits per heavy atom. The summed E-state index contributed by atoms with van der Waals surface area (Å²) in [5.41, 5.74) is 1.06. The van der Waals surface area contributed by atoms with Crippen LogP contribution in [0.2, 0.25) is 0 Å². The van der Waals surface area contributed by atoms with Crippen molar-refractivity contribution in [1.29, 1.82) is 5.41 Å². The molecule has 0 saturated carbocycles. The van der Waals surface area contributed by atoms with E-state index >= 15 is 0 Å². The highest BCUT2D eigenvalue weighted by Gasteiger charge is 2.15. The molecule has 0 aliphatic carbocycles. The number of hydrogen-bond donors (Lipinski definition) is 1. The van der Waals surface area contributed by atoms with Crippen LogP contribution < -0.4 is 4.90 Å². The lowest BCUT2D eigenvalue weighted by Gasteiger charge is -2.16. The van der Waals surface area contributed by atoms with Crippen LogP contribution in [0.25, 0.3) is 10.2 Å². The Hall–Kier alpha value is -1.95. The summed E-state index contributed by atoms with van der Waals surface area (Å²) in [5.74, 6) is 0.0484. The van der Waals surface area contributed by atoms with Crippen LogP contribution in [0.3, 0.4) is 0 Å². The van der Waals surface area contributed by atoms with Gasteiger partial charge in [-0.05, 0) is 18.6 Å². The summed E-state index contributed by atoms with van der Waals surface area (Å²) in [7, 11) is 3.96. The molecule has 2 rings (SSSR count). The molecule has 5 nitrogen and oxygen atoms in total. The van der Waals surface area contributed by atoms with E-state index in [2.05, 4.69) is 11.9 Å². The van der Waals surface area contributed by atoms with Gasteiger partial charge in [0.1, 0.15) is 4.83 Å². The first-order valence-corrected chi connectivity index (χ1v) is 8.22. The highest BCUT2D eigenvalue weighted by molar-refractivity contribution is 7.20. The number of fused-ring (bicyclic) bond motifs is 1. The van der Waals surface area contributed by atoms with E-state index in [1.165, 1.54) is 17.7 Å². The van der Waals surface area contributed by atoms with Crippen molar-refractivity contribution < 1.29 is 4.79 Å². The first-order valence-electron chi connectivity index (χ1n) is 7.40. The molecule has 2 heterocycles. The molecule has 118 valence electrons. The van der Waals surface area contributed by atoms with Gasteiger partial charge in [-0.3, -0.25) is 10.2 Å². The lowest BCUT2D eigenvalue weighted by atomic mass is 10.2. The maximum Gasteiger partial charge on any atom is 0.192 e. The number of anilines is 1. The minimum absolute atomic E-state index is 0.0484. The average Bonchev–Trinajstić information content (AvgIpc) is 2.94. The summed E-state index contributed by atoms with van der Waals surface area (Å²) in [6.45, 7) is 3.11. The van der Waals surface area contributed by atoms with E-state index in [-0.39, 0.29) is 12.3 Å². The van der Waals surface area contributed by atoms with Crippen LogP contribution in [-0.2, 0) is 0 Å². The summed E-state index contributed by atoms with van der Waals surface area (Å²) < 4.78 is 0. The molecule has 0 saturated heterocycles. The smallest absolute Gasteiger partial charge is 0.192 e. The van der Waals surface area contributed by atoms with Gasteiger partial charge < -0.3 is 9.80 Å². The number of nitrogens with one attached hydrogen (secondary N) is 1. The average molecular weight is 318 g/mol. The second kappa shape index (κ2) is 7.35. The van der Waals surface area contributed by atoms with Crippen LogP contribution in [0.4, 0.5) is 5.69 Å². The van der Waals surface area contributed by atoms with E-state index < -0.39 is 0 Å². The van der Waals surface area contributed by atoms with Gasteiger partial charge in [0.05, 0.1) is 17.8 Å². The van der Waals surface area contributed by atoms with Gasteiger partial charge in [-0.2, -0.15) is 0 Å². The minimum Gasteiger partial charge on any atom is -0.377 e. The monoisotopic (exact) mass is 318 g/mol. The molecule has 0 radical (unpaired) electrons. The lowest BCUT2D eigenvalue weighted by Crippen LogP contribution is -2.29. The number of ketones is 1. The zero-order chi connectivity index (χ0) is 16.1. The molecule has 2 aromatic heterocycles. The van der Waals surface area contributed by atoms with Crippen molar-refractivity contribution in [3.8, 4) is 0 Å². The third-order valence-corrected chi connectivity index (χ3v) is 4.58. The van der Waals surface area contributed by atoms with Gasteiger partial charge in [-0.15, -0.1) is 11.3 Å². The number of nitrogens with zero attached hydrogens (tertiary/aromatic N) is 3. The van der Waals surface area contributed by atoms with Gasteiger partial charge in [-0.1, -0.05) is 13.3 Å². The third-order valence-electron chi connectivity index (χ3n) is 3.50. The van der Waals surface area contributed by atoms with Crippen molar-refractivity contribution in [2.24, 2.45) is 0 Å². The summed E-state index contributed by atoms with van der Waals surface area (Å²) >= 11 is 1.42. The molecule has 0 aromatic carbocycles. The molecule has 0 atom stereocenters. The van der Waals surface area contributed by atoms with Gasteiger partial charge in [0.2, 0.25) is 0 Å². The van der Waals surface area contributed by atoms with E-state index in [0.29, 0.717) is 4.88 Å². The van der Waals surface area contributed by atoms with Crippen LogP contribution in [-0.4, -0.2) is 49.2 Å². The standard InChI is InChI=1S/C16H22N4OS/c1-4-5-8-20(11-17)10-14(21)15-9-12-13(19(2)3)6-7-18-16(12)22-15/h6-7,9,11,17H,4-5,8,10H2,1-3H3. The first kappa shape index (κ1) is 16.4. The predicted octanol–water partition coefficient (Wildman–Crippen LogP) is 3.25. The zero-order valence-electron chi connectivity index (χ0n) is 13.3. The number of unbranched alkanes of at least 4 members (excludes halogenated alkanes) is 1. The molecule has 0 spiro atoms. The Morgan fingerprint density at radius 2 is 2.23 bits per heavy atom. The van der Waals surface area contributed by atoms with Crippen molar-refractivity contribution in [2.75, 3.05) is 32.1 Å². The van der Waals surface area contributed by atoms with E-state index in [1.807, 2.05) is 31.1 Å². The first-order chi connectivity index (χ1) is 10.6. The van der Waals surface area contributed by atoms with Crippen molar-refractivity contribution in [3.05, 3.63) is 23.2 Å². The molecular formula is C16H22N4OS. The van der Waals surface area contributed by atoms with Gasteiger partial charge in [0, 0.05) is 37.9 Å². The largest absolute Gasteiger partial charge is 0.377 e. The number of carbonyl (C=O) groups is 1. The number of thiophene rings is 1. The fraction of sp³-hybridized carbons (Fsp3) is 0.438. The molecule has 2 aromatic rings. The Labute approximate surface area is 135 Å². The quantitative estimate of drug-likeness (QED) is 0.461. The van der Waals surface area contributed by atoms with Crippen molar-refractivity contribution >= 4 is 39.4 Å². The second-order valence-corrected chi connectivity index (χ2v) is 6.46. The van der Waals surface area contributed by atoms with E-state index in [4.69, 9.17) is 5.41 Å². The normalized spacial score (nSPS) is 10.7. The molecule has 6 heteroatoms. The van der Waals surface area contributed by atoms with Gasteiger partial charge >= 0.3 is 0 Å². The van der Waals surface area contributed by atoms with Gasteiger partial charge in [0.25, 0.3) is 0 Å². The number of rotatable bonds is 8. The topological polar surface area (TPSA) is 60.3 Å². The van der Waals surface area contributed by atoms with Gasteiger partial charge in [0.15, 0.2) is 5.78 Å². The molecule has 0 amide bonds. The Morgan fingerprint density at radius 1 is 1.45 bits per heavy atom. The maximum absolute atomic E-state index is 12.5. The predicted molar refractivity (Wildman–Crippen MR) is 93.5 cm³/mol. The van der Waals surface area contributed by atoms with Crippen molar-refractivity contribution in [1.82, 2.24) is 9.88 Å².